The Labute approximate surface area is 71.5 Å². The van der Waals surface area contributed by atoms with E-state index in [9.17, 15) is 5.11 Å². The van der Waals surface area contributed by atoms with Gasteiger partial charge in [-0.3, -0.25) is 0 Å². The molecule has 12 heavy (non-hydrogen) atoms. The second-order valence-corrected chi connectivity index (χ2v) is 2.79. The van der Waals surface area contributed by atoms with Gasteiger partial charge in [0, 0.05) is 6.54 Å². The lowest BCUT2D eigenvalue weighted by Crippen LogP contribution is -2.12. The molecule has 0 amide bonds. The highest BCUT2D eigenvalue weighted by atomic mass is 16.3. The fourth-order valence-corrected chi connectivity index (χ4v) is 1.16. The van der Waals surface area contributed by atoms with Crippen LogP contribution in [0.4, 0.5) is 0 Å². The highest BCUT2D eigenvalue weighted by molar-refractivity contribution is 5.35. The summed E-state index contributed by atoms with van der Waals surface area (Å²) in [4.78, 5) is 0. The molecule has 0 fully saturated rings. The lowest BCUT2D eigenvalue weighted by Gasteiger charge is -2.10. The number of hydrogen-bond acceptors (Lipinski definition) is 3. The van der Waals surface area contributed by atoms with Crippen molar-refractivity contribution in [1.82, 2.24) is 0 Å². The van der Waals surface area contributed by atoms with Gasteiger partial charge in [0.15, 0.2) is 0 Å². The minimum Gasteiger partial charge on any atom is -0.508 e. The van der Waals surface area contributed by atoms with E-state index in [1.54, 1.807) is 18.2 Å². The van der Waals surface area contributed by atoms with Crippen LogP contribution in [-0.4, -0.2) is 16.8 Å². The predicted octanol–water partition coefficient (Wildman–Crippen LogP) is 0.693. The molecule has 0 aliphatic rings. The van der Waals surface area contributed by atoms with Crippen LogP contribution >= 0.6 is 0 Å². The van der Waals surface area contributed by atoms with Crippen LogP contribution in [0.2, 0.25) is 0 Å². The summed E-state index contributed by atoms with van der Waals surface area (Å²) >= 11 is 0. The third-order valence-electron chi connectivity index (χ3n) is 1.84. The number of aliphatic hydroxyl groups excluding tert-OH is 1. The van der Waals surface area contributed by atoms with Crippen molar-refractivity contribution in [1.29, 1.82) is 0 Å². The summed E-state index contributed by atoms with van der Waals surface area (Å²) in [7, 11) is 0. The molecule has 0 radical (unpaired) electrons. The van der Waals surface area contributed by atoms with Gasteiger partial charge < -0.3 is 15.9 Å². The van der Waals surface area contributed by atoms with Gasteiger partial charge in [-0.1, -0.05) is 6.07 Å². The molecule has 3 nitrogen and oxygen atoms in total. The fraction of sp³-hybridized carbons (Fsp3) is 0.333. The molecule has 0 heterocycles. The molecule has 1 rings (SSSR count). The molecule has 1 aromatic carbocycles. The Bertz CT molecular complexity index is 273. The van der Waals surface area contributed by atoms with Gasteiger partial charge in [0.25, 0.3) is 0 Å². The van der Waals surface area contributed by atoms with E-state index < -0.39 is 6.10 Å². The van der Waals surface area contributed by atoms with Crippen molar-refractivity contribution >= 4 is 0 Å². The number of rotatable bonds is 2. The van der Waals surface area contributed by atoms with Crippen molar-refractivity contribution in [2.75, 3.05) is 6.54 Å². The Kier molecular flexibility index (Phi) is 2.68. The van der Waals surface area contributed by atoms with Gasteiger partial charge in [-0.15, -0.1) is 0 Å². The highest BCUT2D eigenvalue weighted by Crippen LogP contribution is 2.20. The molecule has 0 saturated heterocycles. The zero-order chi connectivity index (χ0) is 9.14. The first-order valence-electron chi connectivity index (χ1n) is 3.83. The summed E-state index contributed by atoms with van der Waals surface area (Å²) < 4.78 is 0. The molecular formula is C9H13NO2. The Hall–Kier alpha value is -1.06. The second kappa shape index (κ2) is 3.56. The van der Waals surface area contributed by atoms with Crippen LogP contribution < -0.4 is 5.73 Å². The number of benzene rings is 1. The molecule has 1 aromatic rings. The number of aromatic hydroxyl groups is 1. The van der Waals surface area contributed by atoms with Crippen molar-refractivity contribution in [3.63, 3.8) is 0 Å². The lowest BCUT2D eigenvalue weighted by molar-refractivity contribution is 0.186. The smallest absolute Gasteiger partial charge is 0.115 e. The maximum absolute atomic E-state index is 9.39. The standard InChI is InChI=1S/C9H13NO2/c1-6-4-7(11)2-3-8(6)9(12)5-10/h2-4,9,11-12H,5,10H2,1H3. The van der Waals surface area contributed by atoms with Crippen molar-refractivity contribution in [3.8, 4) is 5.75 Å². The van der Waals surface area contributed by atoms with E-state index in [0.29, 0.717) is 0 Å². The monoisotopic (exact) mass is 167 g/mol. The topological polar surface area (TPSA) is 66.5 Å². The molecule has 66 valence electrons. The minimum atomic E-state index is -0.634. The molecule has 0 aromatic heterocycles. The van der Waals surface area contributed by atoms with Gasteiger partial charge in [-0.25, -0.2) is 0 Å². The van der Waals surface area contributed by atoms with Gasteiger partial charge >= 0.3 is 0 Å². The fourth-order valence-electron chi connectivity index (χ4n) is 1.16. The average molecular weight is 167 g/mol. The Morgan fingerprint density at radius 1 is 1.50 bits per heavy atom. The van der Waals surface area contributed by atoms with Crippen LogP contribution in [-0.2, 0) is 0 Å². The molecule has 1 unspecified atom stereocenters. The molecule has 0 aliphatic carbocycles. The summed E-state index contributed by atoms with van der Waals surface area (Å²) in [5, 5.41) is 18.5. The van der Waals surface area contributed by atoms with E-state index in [1.807, 2.05) is 6.92 Å². The molecule has 0 spiro atoms. The van der Waals surface area contributed by atoms with E-state index in [2.05, 4.69) is 0 Å². The van der Waals surface area contributed by atoms with Crippen LogP contribution in [0.5, 0.6) is 5.75 Å². The molecule has 0 bridgehead atoms. The number of phenolic OH excluding ortho intramolecular Hbond substituents is 1. The quantitative estimate of drug-likeness (QED) is 0.607. The maximum atomic E-state index is 9.39. The van der Waals surface area contributed by atoms with Crippen LogP contribution in [0.3, 0.4) is 0 Å². The highest BCUT2D eigenvalue weighted by Gasteiger charge is 2.07. The van der Waals surface area contributed by atoms with E-state index in [1.165, 1.54) is 0 Å². The van der Waals surface area contributed by atoms with Crippen LogP contribution in [0.15, 0.2) is 18.2 Å². The molecule has 3 heteroatoms. The summed E-state index contributed by atoms with van der Waals surface area (Å²) in [6.07, 6.45) is -0.634. The number of aliphatic hydroxyl groups is 1. The molecule has 4 N–H and O–H groups in total. The maximum Gasteiger partial charge on any atom is 0.115 e. The molecule has 1 atom stereocenters. The Balaban J connectivity index is 3.01. The summed E-state index contributed by atoms with van der Waals surface area (Å²) in [5.74, 6) is 0.209. The molecule has 0 aliphatic heterocycles. The summed E-state index contributed by atoms with van der Waals surface area (Å²) in [6.45, 7) is 2.03. The third kappa shape index (κ3) is 1.75. The van der Waals surface area contributed by atoms with E-state index in [4.69, 9.17) is 10.8 Å². The van der Waals surface area contributed by atoms with Crippen molar-refractivity contribution in [2.24, 2.45) is 5.73 Å². The largest absolute Gasteiger partial charge is 0.508 e. The van der Waals surface area contributed by atoms with Crippen LogP contribution in [0, 0.1) is 6.92 Å². The number of aryl methyl sites for hydroxylation is 1. The van der Waals surface area contributed by atoms with Gasteiger partial charge in [-0.2, -0.15) is 0 Å². The second-order valence-electron chi connectivity index (χ2n) is 2.79. The number of hydrogen-bond donors (Lipinski definition) is 3. The van der Waals surface area contributed by atoms with Gasteiger partial charge in [-0.05, 0) is 30.2 Å². The number of nitrogens with two attached hydrogens (primary N) is 1. The number of phenols is 1. The summed E-state index contributed by atoms with van der Waals surface area (Å²) in [5.41, 5.74) is 6.93. The van der Waals surface area contributed by atoms with Crippen molar-refractivity contribution in [2.45, 2.75) is 13.0 Å². The summed E-state index contributed by atoms with van der Waals surface area (Å²) in [6, 6.07) is 4.83. The van der Waals surface area contributed by atoms with Gasteiger partial charge in [0.1, 0.15) is 5.75 Å². The predicted molar refractivity (Wildman–Crippen MR) is 46.9 cm³/mol. The zero-order valence-electron chi connectivity index (χ0n) is 6.99. The SMILES string of the molecule is Cc1cc(O)ccc1C(O)CN. The van der Waals surface area contributed by atoms with Gasteiger partial charge in [0.2, 0.25) is 0 Å². The molecule has 0 saturated carbocycles. The van der Waals surface area contributed by atoms with E-state index >= 15 is 0 Å². The first-order chi connectivity index (χ1) is 5.65. The lowest BCUT2D eigenvalue weighted by atomic mass is 10.0. The van der Waals surface area contributed by atoms with Crippen LogP contribution in [0.25, 0.3) is 0 Å². The van der Waals surface area contributed by atoms with E-state index in [0.717, 1.165) is 11.1 Å². The van der Waals surface area contributed by atoms with E-state index in [-0.39, 0.29) is 12.3 Å². The third-order valence-corrected chi connectivity index (χ3v) is 1.84. The Morgan fingerprint density at radius 2 is 2.17 bits per heavy atom. The first-order valence-corrected chi connectivity index (χ1v) is 3.83. The normalized spacial score (nSPS) is 12.9. The first kappa shape index (κ1) is 9.03. The molecular weight excluding hydrogens is 154 g/mol. The zero-order valence-corrected chi connectivity index (χ0v) is 6.99. The van der Waals surface area contributed by atoms with Crippen molar-refractivity contribution in [3.05, 3.63) is 29.3 Å². The average Bonchev–Trinajstić information content (AvgIpc) is 2.03. The van der Waals surface area contributed by atoms with Gasteiger partial charge in [0.05, 0.1) is 6.10 Å². The van der Waals surface area contributed by atoms with Crippen molar-refractivity contribution < 1.29 is 10.2 Å². The minimum absolute atomic E-state index is 0.200. The van der Waals surface area contributed by atoms with Crippen LogP contribution in [0.1, 0.15) is 17.2 Å². The Morgan fingerprint density at radius 3 is 2.67 bits per heavy atom.